The van der Waals surface area contributed by atoms with Crippen molar-refractivity contribution >= 4 is 33.9 Å². The van der Waals surface area contributed by atoms with Crippen molar-refractivity contribution in [1.29, 1.82) is 0 Å². The van der Waals surface area contributed by atoms with Gasteiger partial charge in [0.2, 0.25) is 5.91 Å². The van der Waals surface area contributed by atoms with E-state index in [-0.39, 0.29) is 23.8 Å². The van der Waals surface area contributed by atoms with E-state index in [4.69, 9.17) is 5.73 Å². The van der Waals surface area contributed by atoms with E-state index in [1.54, 1.807) is 0 Å². The molecule has 0 saturated carbocycles. The highest BCUT2D eigenvalue weighted by atomic mass is 79.9. The predicted molar refractivity (Wildman–Crippen MR) is 72.3 cm³/mol. The minimum atomic E-state index is -0.353. The first-order chi connectivity index (χ1) is 9.15. The summed E-state index contributed by atoms with van der Waals surface area (Å²) >= 11 is 3.34. The number of aromatic nitrogens is 2. The van der Waals surface area contributed by atoms with Crippen LogP contribution in [0.4, 0.5) is 5.82 Å². The zero-order valence-electron chi connectivity index (χ0n) is 9.71. The first-order valence-electron chi connectivity index (χ1n) is 5.29. The molecule has 1 aromatic heterocycles. The quantitative estimate of drug-likeness (QED) is 0.647. The third-order valence-corrected chi connectivity index (χ3v) is 2.66. The van der Waals surface area contributed by atoms with Crippen LogP contribution in [0.5, 0.6) is 0 Å². The Balaban J connectivity index is 1.88. The van der Waals surface area contributed by atoms with Gasteiger partial charge in [0.1, 0.15) is 5.69 Å². The van der Waals surface area contributed by atoms with Crippen LogP contribution in [-0.4, -0.2) is 22.4 Å². The van der Waals surface area contributed by atoms with Crippen LogP contribution in [0.15, 0.2) is 38.5 Å². The number of nitrogens with two attached hydrogens (primary N) is 1. The number of nitrogens with one attached hydrogen (secondary N) is 1. The van der Waals surface area contributed by atoms with E-state index in [0.29, 0.717) is 0 Å². The number of rotatable bonds is 4. The number of hydrazone groups is 1. The number of hydrogen-bond acceptors (Lipinski definition) is 6. The topological polar surface area (TPSA) is 106 Å². The number of carbonyl (C=O) groups excluding carboxylic acids is 1. The Bertz CT molecular complexity index is 611. The predicted octanol–water partition coefficient (Wildman–Crippen LogP) is 1.11. The van der Waals surface area contributed by atoms with Crippen molar-refractivity contribution in [3.8, 4) is 0 Å². The van der Waals surface area contributed by atoms with Crippen molar-refractivity contribution in [2.45, 2.75) is 6.42 Å². The molecule has 19 heavy (non-hydrogen) atoms. The van der Waals surface area contributed by atoms with Crippen molar-refractivity contribution in [1.82, 2.24) is 15.7 Å². The molecule has 7 nitrogen and oxygen atoms in total. The van der Waals surface area contributed by atoms with Crippen molar-refractivity contribution in [3.63, 3.8) is 0 Å². The zero-order valence-corrected chi connectivity index (χ0v) is 11.3. The van der Waals surface area contributed by atoms with Crippen molar-refractivity contribution < 1.29 is 9.42 Å². The molecule has 0 spiro atoms. The number of anilines is 1. The molecule has 0 aliphatic rings. The Morgan fingerprint density at radius 3 is 3.05 bits per heavy atom. The third kappa shape index (κ3) is 3.88. The summed E-state index contributed by atoms with van der Waals surface area (Å²) in [5, 5.41) is 10.7. The van der Waals surface area contributed by atoms with Gasteiger partial charge in [-0.05, 0) is 22.9 Å². The van der Waals surface area contributed by atoms with Gasteiger partial charge in [0.15, 0.2) is 5.82 Å². The van der Waals surface area contributed by atoms with Crippen LogP contribution < -0.4 is 11.2 Å². The van der Waals surface area contributed by atoms with Crippen LogP contribution in [-0.2, 0) is 11.2 Å². The molecule has 1 aromatic carbocycles. The Kier molecular flexibility index (Phi) is 4.24. The van der Waals surface area contributed by atoms with Crippen molar-refractivity contribution in [2.24, 2.45) is 5.10 Å². The second-order valence-electron chi connectivity index (χ2n) is 3.62. The summed E-state index contributed by atoms with van der Waals surface area (Å²) in [6, 6.07) is 7.50. The number of halogens is 1. The molecule has 0 fully saturated rings. The molecule has 98 valence electrons. The van der Waals surface area contributed by atoms with Gasteiger partial charge >= 0.3 is 0 Å². The lowest BCUT2D eigenvalue weighted by Gasteiger charge is -1.97. The van der Waals surface area contributed by atoms with Crippen LogP contribution in [0.3, 0.4) is 0 Å². The summed E-state index contributed by atoms with van der Waals surface area (Å²) in [5.74, 6) is -0.250. The monoisotopic (exact) mass is 323 g/mol. The maximum Gasteiger partial charge on any atom is 0.246 e. The van der Waals surface area contributed by atoms with E-state index in [1.807, 2.05) is 24.3 Å². The Labute approximate surface area is 117 Å². The summed E-state index contributed by atoms with van der Waals surface area (Å²) < 4.78 is 5.32. The van der Waals surface area contributed by atoms with Gasteiger partial charge < -0.3 is 5.73 Å². The molecular weight excluding hydrogens is 314 g/mol. The van der Waals surface area contributed by atoms with Gasteiger partial charge in [-0.3, -0.25) is 4.79 Å². The molecule has 0 bridgehead atoms. The molecule has 0 radical (unpaired) electrons. The van der Waals surface area contributed by atoms with Gasteiger partial charge in [-0.15, -0.1) is 0 Å². The second kappa shape index (κ2) is 6.10. The van der Waals surface area contributed by atoms with E-state index in [9.17, 15) is 4.79 Å². The average molecular weight is 324 g/mol. The normalized spacial score (nSPS) is 10.8. The molecule has 2 aromatic rings. The Morgan fingerprint density at radius 2 is 2.37 bits per heavy atom. The maximum atomic E-state index is 11.5. The summed E-state index contributed by atoms with van der Waals surface area (Å²) in [7, 11) is 0. The standard InChI is InChI=1S/C11H10BrN5O2/c12-8-3-1-2-7(4-8)6-14-15-10(18)5-9-11(13)17-19-16-9/h1-4,6H,5H2,(H2,13,17)(H,15,18)/b14-6-. The van der Waals surface area contributed by atoms with Crippen LogP contribution in [0.25, 0.3) is 0 Å². The fourth-order valence-corrected chi connectivity index (χ4v) is 1.71. The van der Waals surface area contributed by atoms with Gasteiger partial charge in [0.25, 0.3) is 0 Å². The number of hydrogen-bond donors (Lipinski definition) is 2. The molecule has 1 heterocycles. The van der Waals surface area contributed by atoms with Crippen LogP contribution in [0, 0.1) is 0 Å². The smallest absolute Gasteiger partial charge is 0.246 e. The molecule has 2 rings (SSSR count). The Hall–Kier alpha value is -2.22. The van der Waals surface area contributed by atoms with Crippen molar-refractivity contribution in [2.75, 3.05) is 5.73 Å². The maximum absolute atomic E-state index is 11.5. The lowest BCUT2D eigenvalue weighted by atomic mass is 10.2. The largest absolute Gasteiger partial charge is 0.379 e. The molecule has 8 heteroatoms. The van der Waals surface area contributed by atoms with E-state index < -0.39 is 0 Å². The van der Waals surface area contributed by atoms with Gasteiger partial charge in [0.05, 0.1) is 12.6 Å². The third-order valence-electron chi connectivity index (χ3n) is 2.17. The summed E-state index contributed by atoms with van der Waals surface area (Å²) in [6.07, 6.45) is 1.50. The first kappa shape index (κ1) is 13.2. The van der Waals surface area contributed by atoms with E-state index in [0.717, 1.165) is 10.0 Å². The summed E-state index contributed by atoms with van der Waals surface area (Å²) in [6.45, 7) is 0. The molecular formula is C11H10BrN5O2. The highest BCUT2D eigenvalue weighted by molar-refractivity contribution is 9.10. The minimum Gasteiger partial charge on any atom is -0.379 e. The highest BCUT2D eigenvalue weighted by Crippen LogP contribution is 2.09. The van der Waals surface area contributed by atoms with Gasteiger partial charge in [0, 0.05) is 4.47 Å². The number of amides is 1. The van der Waals surface area contributed by atoms with Gasteiger partial charge in [-0.2, -0.15) is 5.10 Å². The fourth-order valence-electron chi connectivity index (χ4n) is 1.29. The molecule has 0 aliphatic heterocycles. The molecule has 0 atom stereocenters. The first-order valence-corrected chi connectivity index (χ1v) is 6.09. The minimum absolute atomic E-state index is 0.0366. The van der Waals surface area contributed by atoms with Crippen LogP contribution >= 0.6 is 15.9 Å². The average Bonchev–Trinajstić information content (AvgIpc) is 2.75. The molecule has 0 unspecified atom stereocenters. The Morgan fingerprint density at radius 1 is 1.53 bits per heavy atom. The molecule has 1 amide bonds. The highest BCUT2D eigenvalue weighted by Gasteiger charge is 2.10. The van der Waals surface area contributed by atoms with E-state index in [2.05, 4.69) is 41.4 Å². The molecule has 0 saturated heterocycles. The number of nitrogens with zero attached hydrogens (tertiary/aromatic N) is 3. The van der Waals surface area contributed by atoms with Gasteiger partial charge in [-0.1, -0.05) is 33.2 Å². The number of nitrogen functional groups attached to an aromatic ring is 1. The lowest BCUT2D eigenvalue weighted by Crippen LogP contribution is -2.20. The number of carbonyl (C=O) groups is 1. The number of benzene rings is 1. The SMILES string of the molecule is Nc1nonc1CC(=O)N/N=C\c1cccc(Br)c1. The lowest BCUT2D eigenvalue weighted by molar-refractivity contribution is -0.120. The zero-order chi connectivity index (χ0) is 13.7. The summed E-state index contributed by atoms with van der Waals surface area (Å²) in [4.78, 5) is 11.5. The van der Waals surface area contributed by atoms with E-state index >= 15 is 0 Å². The molecule has 0 aliphatic carbocycles. The molecule has 3 N–H and O–H groups in total. The van der Waals surface area contributed by atoms with E-state index in [1.165, 1.54) is 6.21 Å². The second-order valence-corrected chi connectivity index (χ2v) is 4.54. The van der Waals surface area contributed by atoms with Crippen molar-refractivity contribution in [3.05, 3.63) is 40.0 Å². The van der Waals surface area contributed by atoms with Crippen LogP contribution in [0.2, 0.25) is 0 Å². The van der Waals surface area contributed by atoms with Gasteiger partial charge in [-0.25, -0.2) is 10.1 Å². The summed E-state index contributed by atoms with van der Waals surface area (Å²) in [5.41, 5.74) is 8.95. The fraction of sp³-hybridized carbons (Fsp3) is 0.0909. The van der Waals surface area contributed by atoms with Crippen LogP contribution in [0.1, 0.15) is 11.3 Å².